The molecule has 0 spiro atoms. The minimum absolute atomic E-state index is 0.406. The normalized spacial score (nSPS) is 13.0. The summed E-state index contributed by atoms with van der Waals surface area (Å²) in [6.07, 6.45) is 29.7. The lowest BCUT2D eigenvalue weighted by atomic mass is 9.90. The first-order valence-electron chi connectivity index (χ1n) is 44.3. The maximum atomic E-state index is 4.75. The van der Waals surface area contributed by atoms with Crippen LogP contribution < -0.4 is 18.3 Å². The average molecular weight is 1700 g/mol. The number of pyridine rings is 4. The number of hydrogen-bond donors (Lipinski definition) is 0. The molecule has 4 aliphatic rings. The van der Waals surface area contributed by atoms with Crippen LogP contribution in [0.2, 0.25) is 0 Å². The Hall–Kier alpha value is -11.9. The van der Waals surface area contributed by atoms with Crippen LogP contribution in [0.25, 0.3) is 149 Å². The molecule has 616 valence electrons. The smallest absolute Gasteiger partial charge is 0.264 e. The molecule has 124 heavy (non-hydrogen) atoms. The molecule has 0 aliphatic carbocycles. The van der Waals surface area contributed by atoms with Gasteiger partial charge in [-0.3, -0.25) is 15.0 Å². The molecule has 0 amide bonds. The number of rotatable bonds is 12. The lowest BCUT2D eigenvalue weighted by Crippen LogP contribution is -2.30. The molecule has 24 rings (SSSR count). The van der Waals surface area contributed by atoms with Crippen molar-refractivity contribution in [2.75, 3.05) is 0 Å². The van der Waals surface area contributed by atoms with Crippen molar-refractivity contribution in [1.82, 2.24) is 38.2 Å². The van der Waals surface area contributed by atoms with Crippen molar-refractivity contribution in [2.24, 2.45) is 0 Å². The highest BCUT2D eigenvalue weighted by Gasteiger charge is 2.40. The highest BCUT2D eigenvalue weighted by atomic mass is 32.1. The molecule has 0 saturated heterocycles. The Morgan fingerprint density at radius 3 is 1.04 bits per heavy atom. The van der Waals surface area contributed by atoms with Crippen LogP contribution >= 0.6 is 45.3 Å². The minimum Gasteiger partial charge on any atom is -0.264 e. The summed E-state index contributed by atoms with van der Waals surface area (Å²) in [7, 11) is 0. The van der Waals surface area contributed by atoms with Gasteiger partial charge in [0.1, 0.15) is 103 Å². The molecule has 8 aromatic carbocycles. The molecule has 20 aromatic rings. The first kappa shape index (κ1) is 79.3. The van der Waals surface area contributed by atoms with Gasteiger partial charge in [-0.15, -0.1) is 45.3 Å². The Bertz CT molecular complexity index is 6780. The molecule has 0 saturated carbocycles. The van der Waals surface area contributed by atoms with Crippen molar-refractivity contribution in [3.8, 4) is 68.3 Å². The van der Waals surface area contributed by atoms with Crippen LogP contribution in [0, 0.1) is 0 Å². The van der Waals surface area contributed by atoms with Crippen molar-refractivity contribution >= 4 is 126 Å². The Morgan fingerprint density at radius 1 is 0.282 bits per heavy atom. The quantitative estimate of drug-likeness (QED) is 0.114. The van der Waals surface area contributed by atoms with Crippen molar-refractivity contribution in [1.29, 1.82) is 0 Å². The molecule has 0 fully saturated rings. The van der Waals surface area contributed by atoms with Crippen molar-refractivity contribution in [2.45, 2.75) is 184 Å². The van der Waals surface area contributed by atoms with Crippen LogP contribution in [0.15, 0.2) is 244 Å². The zero-order valence-corrected chi connectivity index (χ0v) is 76.8. The third kappa shape index (κ3) is 12.8. The number of nitrogens with zero attached hydrogens (tertiary/aromatic N) is 12. The standard InChI is InChI=1S/4C27H26N3S/c1-16(2)20-14-21-24-22(10-7-11-28-24)31-26(21)23(17(3)4)25(20)30-13-12-29-15-18-8-5-6-9-19(18)27(29)30;1-16(2)21-14-22-20-10-7-11-28-26(20)31-25(22)23(17(3)4)24(21)30-13-12-29-15-18-8-5-6-9-19(18)27(29)30;1-16(2)20-13-21-22-14-28-10-9-23(22)31-26(21)24(17(3)4)25(20)30-12-11-29-15-18-7-5-6-8-19(18)27(29)30;1-16(2)21-13-22-20-9-10-28-14-23(20)31-26(22)24(17(3)4)25(21)30-12-11-29-15-18-7-5-6-8-19(18)27(29)30/h4*5-14,16-17H,15H2,1-4H3/q4*+1. The Balaban J connectivity index is 0.000000101. The van der Waals surface area contributed by atoms with Crippen LogP contribution in [0.5, 0.6) is 0 Å². The highest BCUT2D eigenvalue weighted by molar-refractivity contribution is 7.27. The van der Waals surface area contributed by atoms with Gasteiger partial charge in [-0.25, -0.2) is 23.3 Å². The average Bonchev–Trinajstić information content (AvgIpc) is 1.57. The Kier molecular flexibility index (Phi) is 19.9. The molecule has 4 aliphatic heterocycles. The van der Waals surface area contributed by atoms with Crippen LogP contribution in [-0.4, -0.2) is 38.2 Å². The van der Waals surface area contributed by atoms with Crippen LogP contribution in [0.3, 0.4) is 0 Å². The van der Waals surface area contributed by atoms with Gasteiger partial charge in [0.05, 0.1) is 37.2 Å². The van der Waals surface area contributed by atoms with E-state index < -0.39 is 0 Å². The van der Waals surface area contributed by atoms with E-state index in [1.54, 1.807) is 0 Å². The Morgan fingerprint density at radius 2 is 0.621 bits per heavy atom. The third-order valence-corrected chi connectivity index (χ3v) is 30.8. The van der Waals surface area contributed by atoms with E-state index in [1.807, 2.05) is 88.6 Å². The first-order chi connectivity index (χ1) is 60.2. The highest BCUT2D eigenvalue weighted by Crippen LogP contribution is 2.52. The fourth-order valence-corrected chi connectivity index (χ4v) is 25.8. The second-order valence-electron chi connectivity index (χ2n) is 36.6. The van der Waals surface area contributed by atoms with E-state index in [9.17, 15) is 0 Å². The number of fused-ring (bicyclic) bond motifs is 24. The maximum absolute atomic E-state index is 4.75. The summed E-state index contributed by atoms with van der Waals surface area (Å²) < 4.78 is 28.8. The predicted molar refractivity (Wildman–Crippen MR) is 517 cm³/mol. The molecule has 0 unspecified atom stereocenters. The zero-order chi connectivity index (χ0) is 85.1. The predicted octanol–water partition coefficient (Wildman–Crippen LogP) is 27.2. The Labute approximate surface area is 741 Å². The molecule has 16 heterocycles. The van der Waals surface area contributed by atoms with E-state index >= 15 is 0 Å². The van der Waals surface area contributed by atoms with Gasteiger partial charge in [-0.05, 0) is 132 Å². The summed E-state index contributed by atoms with van der Waals surface area (Å²) in [5.74, 6) is 8.48. The van der Waals surface area contributed by atoms with Crippen molar-refractivity contribution in [3.05, 3.63) is 311 Å². The number of hydrogen-bond acceptors (Lipinski definition) is 8. The van der Waals surface area contributed by atoms with E-state index in [2.05, 4.69) is 364 Å². The molecule has 0 radical (unpaired) electrons. The second kappa shape index (κ2) is 31.1. The second-order valence-corrected chi connectivity index (χ2v) is 40.8. The van der Waals surface area contributed by atoms with Gasteiger partial charge in [0, 0.05) is 165 Å². The van der Waals surface area contributed by atoms with Gasteiger partial charge in [-0.2, -0.15) is 18.3 Å². The van der Waals surface area contributed by atoms with Crippen molar-refractivity contribution in [3.63, 3.8) is 0 Å². The summed E-state index contributed by atoms with van der Waals surface area (Å²) in [5.41, 5.74) is 28.9. The minimum atomic E-state index is 0.406. The first-order valence-corrected chi connectivity index (χ1v) is 47.6. The van der Waals surface area contributed by atoms with Gasteiger partial charge < -0.3 is 0 Å². The summed E-state index contributed by atoms with van der Waals surface area (Å²) in [4.78, 5) is 19.4. The summed E-state index contributed by atoms with van der Waals surface area (Å²) >= 11 is 7.51. The zero-order valence-electron chi connectivity index (χ0n) is 73.5. The molecule has 0 N–H and O–H groups in total. The maximum Gasteiger partial charge on any atom is 0.294 e. The lowest BCUT2D eigenvalue weighted by Gasteiger charge is -2.19. The van der Waals surface area contributed by atoms with Crippen LogP contribution in [0.1, 0.15) is 225 Å². The fraction of sp³-hybridized carbons (Fsp3) is 0.259. The van der Waals surface area contributed by atoms with Gasteiger partial charge in [0.2, 0.25) is 0 Å². The monoisotopic (exact) mass is 1700 g/mol. The molecule has 0 atom stereocenters. The number of aromatic nitrogens is 12. The van der Waals surface area contributed by atoms with Crippen molar-refractivity contribution < 1.29 is 18.3 Å². The topological polar surface area (TPSA) is 86.8 Å². The van der Waals surface area contributed by atoms with Gasteiger partial charge in [0.15, 0.2) is 0 Å². The van der Waals surface area contributed by atoms with E-state index in [0.717, 1.165) is 36.5 Å². The molecular weight excluding hydrogens is 1590 g/mol. The fourth-order valence-electron chi connectivity index (χ4n) is 20.4. The number of benzene rings is 8. The van der Waals surface area contributed by atoms with E-state index in [1.165, 1.54) is 206 Å². The molecule has 12 nitrogen and oxygen atoms in total. The third-order valence-electron chi connectivity index (χ3n) is 26.1. The lowest BCUT2D eigenvalue weighted by molar-refractivity contribution is -0.671. The van der Waals surface area contributed by atoms with Gasteiger partial charge >= 0.3 is 0 Å². The van der Waals surface area contributed by atoms with E-state index in [0.29, 0.717) is 47.3 Å². The van der Waals surface area contributed by atoms with E-state index in [4.69, 9.17) is 4.98 Å². The van der Waals surface area contributed by atoms with Gasteiger partial charge in [0.25, 0.3) is 23.3 Å². The summed E-state index contributed by atoms with van der Waals surface area (Å²) in [5, 5.41) is 9.24. The van der Waals surface area contributed by atoms with E-state index in [-0.39, 0.29) is 0 Å². The molecule has 12 aromatic heterocycles. The summed E-state index contributed by atoms with van der Waals surface area (Å²) in [6.45, 7) is 40.9. The van der Waals surface area contributed by atoms with Gasteiger partial charge in [-0.1, -0.05) is 184 Å². The van der Waals surface area contributed by atoms with Crippen LogP contribution in [-0.2, 0) is 26.2 Å². The number of imidazole rings is 4. The molecule has 0 bridgehead atoms. The molecular formula is C108H104N12S4+4. The summed E-state index contributed by atoms with van der Waals surface area (Å²) in [6, 6.07) is 57.8. The van der Waals surface area contributed by atoms with Crippen LogP contribution in [0.4, 0.5) is 0 Å². The molecule has 16 heteroatoms. The SMILES string of the molecule is CC(C)c1cc2c(sc3cccnc32)c(C(C)C)c1-n1cc[n+]2c1-c1ccccc1C2.CC(C)c1cc2c(sc3ccncc32)c(C(C)C)c1-n1cc[n+]2c1-c1ccccc1C2.CC(C)c1cc2c(sc3cnccc32)c(C(C)C)c1-n1cc[n+]2c1-c1ccccc1C2.CC(C)c1cc2c(sc3ncccc32)c(C(C)C)c1-n1cc[n+]2c1-c1ccccc1C2. The largest absolute Gasteiger partial charge is 0.294 e. The number of thiophene rings is 4.